The van der Waals surface area contributed by atoms with E-state index in [4.69, 9.17) is 9.47 Å². The minimum absolute atomic E-state index is 0.259. The standard InChI is InChI=1S/C32H34O2S/c1-31(2,3)33-25-15-10-13-23(21-25)28-19-12-20-29(35-27-17-8-7-9-18-27)30(28)24-14-11-16-26(22-24)34-32(4,5)6/h7-22H,1-6H3. The Morgan fingerprint density at radius 1 is 0.543 bits per heavy atom. The summed E-state index contributed by atoms with van der Waals surface area (Å²) in [5.74, 6) is 1.73. The minimum Gasteiger partial charge on any atom is -0.488 e. The van der Waals surface area contributed by atoms with E-state index in [-0.39, 0.29) is 11.2 Å². The second-order valence-electron chi connectivity index (χ2n) is 10.6. The lowest BCUT2D eigenvalue weighted by Crippen LogP contribution is -2.22. The van der Waals surface area contributed by atoms with Crippen molar-refractivity contribution in [1.82, 2.24) is 0 Å². The Morgan fingerprint density at radius 3 is 1.69 bits per heavy atom. The average molecular weight is 483 g/mol. The molecule has 0 spiro atoms. The van der Waals surface area contributed by atoms with Crippen LogP contribution in [-0.4, -0.2) is 11.2 Å². The van der Waals surface area contributed by atoms with Crippen LogP contribution in [0, 0.1) is 0 Å². The molecule has 0 N–H and O–H groups in total. The van der Waals surface area contributed by atoms with Crippen molar-refractivity contribution in [2.45, 2.75) is 62.5 Å². The molecule has 180 valence electrons. The molecule has 4 rings (SSSR count). The Morgan fingerprint density at radius 2 is 1.09 bits per heavy atom. The Balaban J connectivity index is 1.86. The van der Waals surface area contributed by atoms with Crippen LogP contribution in [0.5, 0.6) is 11.5 Å². The third kappa shape index (κ3) is 6.93. The molecule has 0 amide bonds. The number of hydrogen-bond donors (Lipinski definition) is 0. The lowest BCUT2D eigenvalue weighted by molar-refractivity contribution is 0.130. The number of benzene rings is 4. The topological polar surface area (TPSA) is 18.5 Å². The van der Waals surface area contributed by atoms with Crippen molar-refractivity contribution < 1.29 is 9.47 Å². The van der Waals surface area contributed by atoms with Gasteiger partial charge in [0.25, 0.3) is 0 Å². The lowest BCUT2D eigenvalue weighted by Gasteiger charge is -2.23. The number of ether oxygens (including phenoxy) is 2. The van der Waals surface area contributed by atoms with Crippen LogP contribution >= 0.6 is 11.8 Å². The molecule has 0 saturated heterocycles. The van der Waals surface area contributed by atoms with E-state index in [9.17, 15) is 0 Å². The quantitative estimate of drug-likeness (QED) is 0.273. The zero-order valence-electron chi connectivity index (χ0n) is 21.5. The molecule has 4 aromatic rings. The fraction of sp³-hybridized carbons (Fsp3) is 0.250. The fourth-order valence-electron chi connectivity index (χ4n) is 3.92. The zero-order valence-corrected chi connectivity index (χ0v) is 22.3. The molecular formula is C32H34O2S. The molecule has 0 fully saturated rings. The van der Waals surface area contributed by atoms with Gasteiger partial charge >= 0.3 is 0 Å². The van der Waals surface area contributed by atoms with E-state index in [1.165, 1.54) is 15.4 Å². The highest BCUT2D eigenvalue weighted by molar-refractivity contribution is 7.99. The van der Waals surface area contributed by atoms with Crippen LogP contribution in [0.1, 0.15) is 41.5 Å². The summed E-state index contributed by atoms with van der Waals surface area (Å²) in [7, 11) is 0. The van der Waals surface area contributed by atoms with Gasteiger partial charge in [0.05, 0.1) is 0 Å². The SMILES string of the molecule is CC(C)(C)Oc1cccc(-c2cccc(Sc3ccccc3)c2-c2cccc(OC(C)(C)C)c2)c1. The van der Waals surface area contributed by atoms with Crippen molar-refractivity contribution in [2.24, 2.45) is 0 Å². The minimum atomic E-state index is -0.265. The van der Waals surface area contributed by atoms with Crippen LogP contribution in [0.15, 0.2) is 107 Å². The molecule has 0 atom stereocenters. The molecule has 4 aromatic carbocycles. The Labute approximate surface area is 214 Å². The van der Waals surface area contributed by atoms with Gasteiger partial charge in [-0.05, 0) is 101 Å². The summed E-state index contributed by atoms with van der Waals surface area (Å²) in [5, 5.41) is 0. The molecule has 3 heteroatoms. The largest absolute Gasteiger partial charge is 0.488 e. The molecule has 35 heavy (non-hydrogen) atoms. The molecule has 2 nitrogen and oxygen atoms in total. The summed E-state index contributed by atoms with van der Waals surface area (Å²) >= 11 is 1.78. The monoisotopic (exact) mass is 482 g/mol. The maximum atomic E-state index is 6.21. The maximum absolute atomic E-state index is 6.21. The first-order chi connectivity index (χ1) is 16.6. The normalized spacial score (nSPS) is 11.8. The molecule has 0 aliphatic heterocycles. The van der Waals surface area contributed by atoms with E-state index in [0.717, 1.165) is 28.2 Å². The first-order valence-electron chi connectivity index (χ1n) is 12.0. The lowest BCUT2D eigenvalue weighted by atomic mass is 9.94. The van der Waals surface area contributed by atoms with E-state index < -0.39 is 0 Å². The maximum Gasteiger partial charge on any atom is 0.120 e. The third-order valence-corrected chi connectivity index (χ3v) is 6.18. The summed E-state index contributed by atoms with van der Waals surface area (Å²) < 4.78 is 12.4. The van der Waals surface area contributed by atoms with Gasteiger partial charge in [-0.1, -0.05) is 66.4 Å². The Hall–Kier alpha value is -3.17. The van der Waals surface area contributed by atoms with Crippen LogP contribution in [0.3, 0.4) is 0 Å². The third-order valence-electron chi connectivity index (χ3n) is 5.11. The fourth-order valence-corrected chi connectivity index (χ4v) is 4.94. The summed E-state index contributed by atoms with van der Waals surface area (Å²) in [6.07, 6.45) is 0. The molecular weight excluding hydrogens is 448 g/mol. The smallest absolute Gasteiger partial charge is 0.120 e. The highest BCUT2D eigenvalue weighted by Crippen LogP contribution is 2.43. The van der Waals surface area contributed by atoms with Crippen molar-refractivity contribution in [3.8, 4) is 33.8 Å². The van der Waals surface area contributed by atoms with Crippen LogP contribution in [0.25, 0.3) is 22.3 Å². The van der Waals surface area contributed by atoms with Crippen LogP contribution in [-0.2, 0) is 0 Å². The molecule has 0 aliphatic carbocycles. The molecule has 0 bridgehead atoms. The highest BCUT2D eigenvalue weighted by Gasteiger charge is 2.18. The van der Waals surface area contributed by atoms with Gasteiger partial charge in [-0.3, -0.25) is 0 Å². The number of hydrogen-bond acceptors (Lipinski definition) is 3. The van der Waals surface area contributed by atoms with Crippen LogP contribution in [0.4, 0.5) is 0 Å². The van der Waals surface area contributed by atoms with Gasteiger partial charge in [-0.15, -0.1) is 0 Å². The van der Waals surface area contributed by atoms with E-state index in [1.54, 1.807) is 11.8 Å². The first-order valence-corrected chi connectivity index (χ1v) is 12.8. The second kappa shape index (κ2) is 10.2. The zero-order chi connectivity index (χ0) is 25.1. The van der Waals surface area contributed by atoms with Gasteiger partial charge < -0.3 is 9.47 Å². The van der Waals surface area contributed by atoms with Gasteiger partial charge in [0.15, 0.2) is 0 Å². The molecule has 0 aliphatic rings. The van der Waals surface area contributed by atoms with E-state index in [1.807, 2.05) is 12.1 Å². The van der Waals surface area contributed by atoms with Crippen molar-refractivity contribution in [1.29, 1.82) is 0 Å². The van der Waals surface area contributed by atoms with Crippen molar-refractivity contribution in [3.63, 3.8) is 0 Å². The molecule has 0 saturated carbocycles. The van der Waals surface area contributed by atoms with E-state index >= 15 is 0 Å². The Bertz CT molecular complexity index is 1280. The first kappa shape index (κ1) is 24.9. The predicted octanol–water partition coefficient (Wildman–Crippen LogP) is 9.53. The second-order valence-corrected chi connectivity index (χ2v) is 11.7. The summed E-state index contributed by atoms with van der Waals surface area (Å²) in [4.78, 5) is 2.40. The predicted molar refractivity (Wildman–Crippen MR) is 149 cm³/mol. The van der Waals surface area contributed by atoms with Gasteiger partial charge in [0.1, 0.15) is 22.7 Å². The Kier molecular flexibility index (Phi) is 7.28. The molecule has 0 heterocycles. The van der Waals surface area contributed by atoms with E-state index in [2.05, 4.69) is 126 Å². The molecule has 0 unspecified atom stereocenters. The number of rotatable bonds is 6. The summed E-state index contributed by atoms with van der Waals surface area (Å²) in [6, 6.07) is 33.8. The molecule has 0 aromatic heterocycles. The van der Waals surface area contributed by atoms with Crippen molar-refractivity contribution >= 4 is 11.8 Å². The van der Waals surface area contributed by atoms with Crippen LogP contribution in [0.2, 0.25) is 0 Å². The van der Waals surface area contributed by atoms with E-state index in [0.29, 0.717) is 0 Å². The van der Waals surface area contributed by atoms with Gasteiger partial charge in [-0.25, -0.2) is 0 Å². The van der Waals surface area contributed by atoms with Crippen LogP contribution < -0.4 is 9.47 Å². The van der Waals surface area contributed by atoms with Gasteiger partial charge in [-0.2, -0.15) is 0 Å². The summed E-state index contributed by atoms with van der Waals surface area (Å²) in [5.41, 5.74) is 4.08. The highest BCUT2D eigenvalue weighted by atomic mass is 32.2. The van der Waals surface area contributed by atoms with Gasteiger partial charge in [0.2, 0.25) is 0 Å². The summed E-state index contributed by atoms with van der Waals surface area (Å²) in [6.45, 7) is 12.4. The van der Waals surface area contributed by atoms with Crippen molar-refractivity contribution in [3.05, 3.63) is 97.1 Å². The molecule has 0 radical (unpaired) electrons. The van der Waals surface area contributed by atoms with Crippen molar-refractivity contribution in [2.75, 3.05) is 0 Å². The van der Waals surface area contributed by atoms with Gasteiger partial charge in [0, 0.05) is 15.4 Å². The average Bonchev–Trinajstić information content (AvgIpc) is 2.78.